The van der Waals surface area contributed by atoms with E-state index in [-0.39, 0.29) is 18.9 Å². The van der Waals surface area contributed by atoms with Crippen LogP contribution in [0.5, 0.6) is 11.5 Å². The number of hydrogen-bond donors (Lipinski definition) is 2. The first kappa shape index (κ1) is 25.9. The highest BCUT2D eigenvalue weighted by Crippen LogP contribution is 2.44. The van der Waals surface area contributed by atoms with E-state index in [0.29, 0.717) is 11.5 Å². The highest BCUT2D eigenvalue weighted by molar-refractivity contribution is 5.81. The normalized spacial score (nSPS) is 12.7. The van der Waals surface area contributed by atoms with Crippen LogP contribution in [0.4, 0.5) is 4.79 Å². The lowest BCUT2D eigenvalue weighted by Gasteiger charge is -2.18. The van der Waals surface area contributed by atoms with E-state index in [0.717, 1.165) is 38.9 Å². The molecule has 0 spiro atoms. The summed E-state index contributed by atoms with van der Waals surface area (Å²) in [6, 6.07) is 27.9. The monoisotopic (exact) mass is 523 g/mol. The molecule has 4 aromatic rings. The summed E-state index contributed by atoms with van der Waals surface area (Å²) in [5, 5.41) is 12.4. The maximum Gasteiger partial charge on any atom is 0.407 e. The van der Waals surface area contributed by atoms with Gasteiger partial charge in [0.15, 0.2) is 0 Å². The fourth-order valence-corrected chi connectivity index (χ4v) is 5.12. The number of amides is 1. The summed E-state index contributed by atoms with van der Waals surface area (Å²) in [7, 11) is 3.17. The van der Waals surface area contributed by atoms with E-state index < -0.39 is 18.1 Å². The Morgan fingerprint density at radius 3 is 2.15 bits per heavy atom. The number of carboxylic acid groups (broad SMARTS) is 1. The molecule has 0 saturated heterocycles. The third-order valence-corrected chi connectivity index (χ3v) is 7.02. The number of ether oxygens (including phenoxy) is 3. The fourth-order valence-electron chi connectivity index (χ4n) is 5.12. The summed E-state index contributed by atoms with van der Waals surface area (Å²) in [5.41, 5.74) is 6.88. The number of methoxy groups -OCH3 is 2. The van der Waals surface area contributed by atoms with Crippen molar-refractivity contribution in [3.8, 4) is 33.8 Å². The van der Waals surface area contributed by atoms with Crippen molar-refractivity contribution < 1.29 is 28.9 Å². The molecule has 1 aliphatic rings. The van der Waals surface area contributed by atoms with E-state index in [1.807, 2.05) is 72.8 Å². The minimum Gasteiger partial charge on any atom is -0.497 e. The molecule has 4 aromatic carbocycles. The molecule has 39 heavy (non-hydrogen) atoms. The van der Waals surface area contributed by atoms with Crippen molar-refractivity contribution in [3.63, 3.8) is 0 Å². The van der Waals surface area contributed by atoms with Crippen LogP contribution in [0.15, 0.2) is 91.0 Å². The van der Waals surface area contributed by atoms with Gasteiger partial charge in [-0.2, -0.15) is 0 Å². The number of fused-ring (bicyclic) bond motifs is 3. The molecule has 5 rings (SSSR count). The number of carbonyl (C=O) groups is 2. The highest BCUT2D eigenvalue weighted by atomic mass is 16.5. The zero-order valence-corrected chi connectivity index (χ0v) is 21.7. The Morgan fingerprint density at radius 2 is 1.51 bits per heavy atom. The minimum atomic E-state index is -1.16. The molecule has 0 fully saturated rings. The molecule has 0 radical (unpaired) electrons. The molecule has 0 heterocycles. The molecular weight excluding hydrogens is 494 g/mol. The molecular formula is C32H29NO6. The predicted octanol–water partition coefficient (Wildman–Crippen LogP) is 5.91. The Morgan fingerprint density at radius 1 is 0.821 bits per heavy atom. The van der Waals surface area contributed by atoms with Crippen molar-refractivity contribution in [2.75, 3.05) is 20.8 Å². The van der Waals surface area contributed by atoms with E-state index in [1.165, 1.54) is 0 Å². The third kappa shape index (κ3) is 5.43. The second-order valence-corrected chi connectivity index (χ2v) is 9.33. The minimum absolute atomic E-state index is 0.0891. The first-order valence-corrected chi connectivity index (χ1v) is 12.6. The smallest absolute Gasteiger partial charge is 0.407 e. The van der Waals surface area contributed by atoms with Gasteiger partial charge in [0, 0.05) is 24.0 Å². The van der Waals surface area contributed by atoms with Gasteiger partial charge in [-0.3, -0.25) is 0 Å². The van der Waals surface area contributed by atoms with E-state index in [4.69, 9.17) is 14.2 Å². The quantitative estimate of drug-likeness (QED) is 0.284. The largest absolute Gasteiger partial charge is 0.497 e. The zero-order chi connectivity index (χ0) is 27.4. The van der Waals surface area contributed by atoms with Gasteiger partial charge in [-0.15, -0.1) is 0 Å². The van der Waals surface area contributed by atoms with Gasteiger partial charge in [0.1, 0.15) is 24.1 Å². The second kappa shape index (κ2) is 11.3. The van der Waals surface area contributed by atoms with Crippen LogP contribution in [-0.4, -0.2) is 44.0 Å². The van der Waals surface area contributed by atoms with Crippen molar-refractivity contribution >= 4 is 12.1 Å². The molecule has 2 N–H and O–H groups in total. The molecule has 198 valence electrons. The van der Waals surface area contributed by atoms with Crippen molar-refractivity contribution in [1.29, 1.82) is 0 Å². The topological polar surface area (TPSA) is 94.1 Å². The number of benzene rings is 4. The van der Waals surface area contributed by atoms with Crippen LogP contribution < -0.4 is 14.8 Å². The number of nitrogens with one attached hydrogen (secondary N) is 1. The molecule has 0 aromatic heterocycles. The van der Waals surface area contributed by atoms with E-state index in [9.17, 15) is 14.7 Å². The van der Waals surface area contributed by atoms with Crippen molar-refractivity contribution in [3.05, 3.63) is 108 Å². The zero-order valence-electron chi connectivity index (χ0n) is 21.7. The van der Waals surface area contributed by atoms with Gasteiger partial charge < -0.3 is 24.6 Å². The molecule has 0 bridgehead atoms. The van der Waals surface area contributed by atoms with Crippen molar-refractivity contribution in [2.24, 2.45) is 0 Å². The lowest BCUT2D eigenvalue weighted by Crippen LogP contribution is -2.42. The summed E-state index contributed by atoms with van der Waals surface area (Å²) in [6.07, 6.45) is -0.677. The summed E-state index contributed by atoms with van der Waals surface area (Å²) in [6.45, 7) is 0.110. The maximum absolute atomic E-state index is 12.7. The molecule has 0 saturated carbocycles. The Balaban J connectivity index is 1.27. The summed E-state index contributed by atoms with van der Waals surface area (Å²) in [5.74, 6) is 0.0570. The van der Waals surface area contributed by atoms with Gasteiger partial charge >= 0.3 is 12.1 Å². The maximum atomic E-state index is 12.7. The first-order valence-electron chi connectivity index (χ1n) is 12.6. The van der Waals surface area contributed by atoms with Crippen LogP contribution in [0.2, 0.25) is 0 Å². The molecule has 1 atom stereocenters. The Bertz CT molecular complexity index is 1470. The van der Waals surface area contributed by atoms with Gasteiger partial charge in [-0.25, -0.2) is 9.59 Å². The number of carboxylic acids is 1. The number of hydrogen-bond acceptors (Lipinski definition) is 5. The lowest BCUT2D eigenvalue weighted by molar-refractivity contribution is -0.139. The summed E-state index contributed by atoms with van der Waals surface area (Å²) in [4.78, 5) is 24.8. The number of rotatable bonds is 9. The summed E-state index contributed by atoms with van der Waals surface area (Å²) >= 11 is 0. The first-order chi connectivity index (χ1) is 19.0. The van der Waals surface area contributed by atoms with Crippen LogP contribution >= 0.6 is 0 Å². The van der Waals surface area contributed by atoms with Crippen molar-refractivity contribution in [2.45, 2.75) is 18.4 Å². The molecule has 0 aliphatic heterocycles. The second-order valence-electron chi connectivity index (χ2n) is 9.33. The Labute approximate surface area is 227 Å². The van der Waals surface area contributed by atoms with Crippen LogP contribution in [0.1, 0.15) is 22.6 Å². The van der Waals surface area contributed by atoms with Crippen LogP contribution in [0.3, 0.4) is 0 Å². The predicted molar refractivity (Wildman–Crippen MR) is 148 cm³/mol. The van der Waals surface area contributed by atoms with Crippen LogP contribution in [0, 0.1) is 0 Å². The number of aliphatic carboxylic acids is 1. The Kier molecular flexibility index (Phi) is 7.50. The average molecular weight is 524 g/mol. The van der Waals surface area contributed by atoms with E-state index >= 15 is 0 Å². The molecule has 7 nitrogen and oxygen atoms in total. The average Bonchev–Trinajstić information content (AvgIpc) is 3.29. The van der Waals surface area contributed by atoms with Crippen LogP contribution in [-0.2, 0) is 16.0 Å². The molecule has 7 heteroatoms. The van der Waals surface area contributed by atoms with Crippen LogP contribution in [0.25, 0.3) is 22.3 Å². The molecule has 1 aliphatic carbocycles. The lowest BCUT2D eigenvalue weighted by atomic mass is 9.98. The van der Waals surface area contributed by atoms with Gasteiger partial charge in [0.2, 0.25) is 0 Å². The van der Waals surface area contributed by atoms with Gasteiger partial charge in [0.05, 0.1) is 14.2 Å². The SMILES string of the molecule is COc1ccc(-c2cccc(CC(NC(=O)OCC3c4ccccc4-c4ccccc43)C(=O)O)c2)c(OC)c1. The summed E-state index contributed by atoms with van der Waals surface area (Å²) < 4.78 is 16.4. The standard InChI is InChI=1S/C32H29NO6/c1-37-22-14-15-23(30(18-22)38-2)21-9-7-8-20(16-21)17-29(31(34)35)33-32(36)39-19-28-26-12-5-3-10-24(26)25-11-4-6-13-27(25)28/h3-16,18,28-29H,17,19H2,1-2H3,(H,33,36)(H,34,35). The van der Waals surface area contributed by atoms with Crippen molar-refractivity contribution in [1.82, 2.24) is 5.32 Å². The van der Waals surface area contributed by atoms with E-state index in [2.05, 4.69) is 17.4 Å². The van der Waals surface area contributed by atoms with Gasteiger partial charge in [0.25, 0.3) is 0 Å². The third-order valence-electron chi connectivity index (χ3n) is 7.02. The molecule has 1 amide bonds. The van der Waals surface area contributed by atoms with E-state index in [1.54, 1.807) is 20.3 Å². The Hall–Kier alpha value is -4.78. The number of alkyl carbamates (subject to hydrolysis) is 1. The molecule has 1 unspecified atom stereocenters. The fraction of sp³-hybridized carbons (Fsp3) is 0.188. The van der Waals surface area contributed by atoms with Gasteiger partial charge in [-0.1, -0.05) is 72.8 Å². The number of carbonyl (C=O) groups excluding carboxylic acids is 1. The highest BCUT2D eigenvalue weighted by Gasteiger charge is 2.30. The van der Waals surface area contributed by atoms with Gasteiger partial charge in [-0.05, 0) is 45.5 Å².